The summed E-state index contributed by atoms with van der Waals surface area (Å²) < 4.78 is 23.7. The first-order valence-electron chi connectivity index (χ1n) is 21.3. The van der Waals surface area contributed by atoms with Gasteiger partial charge in [0.1, 0.15) is 0 Å². The van der Waals surface area contributed by atoms with Crippen molar-refractivity contribution in [2.24, 2.45) is 47.3 Å². The van der Waals surface area contributed by atoms with E-state index in [0.29, 0.717) is 25.4 Å². The van der Waals surface area contributed by atoms with Gasteiger partial charge >= 0.3 is 11.9 Å². The van der Waals surface area contributed by atoms with E-state index in [-0.39, 0.29) is 11.9 Å². The van der Waals surface area contributed by atoms with Gasteiger partial charge in [-0.2, -0.15) is 0 Å². The summed E-state index contributed by atoms with van der Waals surface area (Å²) in [5.41, 5.74) is 0. The van der Waals surface area contributed by atoms with Crippen LogP contribution >= 0.6 is 0 Å². The Morgan fingerprint density at radius 2 is 0.780 bits per heavy atom. The Labute approximate surface area is 305 Å². The maximum Gasteiger partial charge on any atom is 0.330 e. The molecular weight excluding hydrogens is 624 g/mol. The Kier molecular flexibility index (Phi) is 17.2. The first-order chi connectivity index (χ1) is 24.5. The minimum atomic E-state index is -0.296. The average Bonchev–Trinajstić information content (AvgIpc) is 3.17. The molecule has 2 atom stereocenters. The summed E-state index contributed by atoms with van der Waals surface area (Å²) in [6.45, 7) is 9.90. The lowest BCUT2D eigenvalue weighted by Crippen LogP contribution is -2.38. The van der Waals surface area contributed by atoms with Crippen molar-refractivity contribution in [3.05, 3.63) is 25.3 Å². The van der Waals surface area contributed by atoms with E-state index in [1.807, 2.05) is 0 Å². The lowest BCUT2D eigenvalue weighted by atomic mass is 9.69. The predicted octanol–water partition coefficient (Wildman–Crippen LogP) is 10.6. The standard InChI is InChI=1S/C44H72O6/c1-3-43(45)47-29-7-9-33-13-21-37(22-14-33)39-25-17-35(18-26-39)31-49-41-11-5-6-12-42(41)50-32-36-19-27-40(28-20-36)38-23-15-34(16-24-38)10-8-30-48-44(46)4-2/h3-4,33-42H,1-2,5-32H2/t33-,34-,35-,36?,37-,38-,39-,40?,41-,42-/m1/s1. The Hall–Kier alpha value is -1.66. The molecule has 0 heterocycles. The maximum atomic E-state index is 11.2. The van der Waals surface area contributed by atoms with E-state index in [2.05, 4.69) is 13.2 Å². The Balaban J connectivity index is 0.903. The first-order valence-corrected chi connectivity index (χ1v) is 21.3. The van der Waals surface area contributed by atoms with E-state index in [4.69, 9.17) is 18.9 Å². The molecule has 0 unspecified atom stereocenters. The van der Waals surface area contributed by atoms with Gasteiger partial charge < -0.3 is 18.9 Å². The van der Waals surface area contributed by atoms with Gasteiger partial charge in [0.25, 0.3) is 0 Å². The van der Waals surface area contributed by atoms with Crippen molar-refractivity contribution in [2.75, 3.05) is 26.4 Å². The van der Waals surface area contributed by atoms with Crippen LogP contribution in [0.5, 0.6) is 0 Å². The van der Waals surface area contributed by atoms with Gasteiger partial charge in [-0.25, -0.2) is 9.59 Å². The van der Waals surface area contributed by atoms with E-state index in [1.165, 1.54) is 153 Å². The van der Waals surface area contributed by atoms with E-state index in [0.717, 1.165) is 73.4 Å². The SMILES string of the molecule is C=CC(=O)OCCC[C@H]1CC[C@H](C2CCC(CO[C@@H]3CCCC[C@H]3OC[C@H]3CC[C@H]([C@H]4CC[C@H](CCCOC(=O)C=C)CC4)CC3)CC2)CC1. The highest BCUT2D eigenvalue weighted by molar-refractivity contribution is 5.81. The average molecular weight is 697 g/mol. The third-order valence-electron chi connectivity index (χ3n) is 14.0. The summed E-state index contributed by atoms with van der Waals surface area (Å²) in [7, 11) is 0. The smallest absolute Gasteiger partial charge is 0.330 e. The lowest BCUT2D eigenvalue weighted by Gasteiger charge is -2.39. The van der Waals surface area contributed by atoms with Crippen LogP contribution in [0.2, 0.25) is 0 Å². The Bertz CT molecular complexity index is 914. The van der Waals surface area contributed by atoms with Crippen LogP contribution in [0.1, 0.15) is 154 Å². The number of esters is 2. The number of ether oxygens (including phenoxy) is 4. The number of carbonyl (C=O) groups excluding carboxylic acids is 2. The van der Waals surface area contributed by atoms with Crippen molar-refractivity contribution in [1.82, 2.24) is 0 Å². The van der Waals surface area contributed by atoms with Gasteiger partial charge in [-0.1, -0.05) is 51.7 Å². The molecule has 0 N–H and O–H groups in total. The van der Waals surface area contributed by atoms with Crippen LogP contribution < -0.4 is 0 Å². The normalized spacial score (nSPS) is 35.1. The molecule has 0 aliphatic heterocycles. The van der Waals surface area contributed by atoms with Crippen LogP contribution in [-0.4, -0.2) is 50.6 Å². The molecule has 0 spiro atoms. The molecule has 0 amide bonds. The molecule has 284 valence electrons. The van der Waals surface area contributed by atoms with Crippen LogP contribution in [-0.2, 0) is 28.5 Å². The molecule has 0 saturated heterocycles. The fourth-order valence-corrected chi connectivity index (χ4v) is 10.7. The van der Waals surface area contributed by atoms with Crippen molar-refractivity contribution < 1.29 is 28.5 Å². The molecule has 6 heteroatoms. The summed E-state index contributed by atoms with van der Waals surface area (Å²) in [6.07, 6.45) is 34.3. The van der Waals surface area contributed by atoms with E-state index >= 15 is 0 Å². The van der Waals surface area contributed by atoms with Crippen LogP contribution in [0, 0.1) is 47.3 Å². The second kappa shape index (κ2) is 21.8. The first kappa shape index (κ1) is 39.5. The minimum Gasteiger partial charge on any atom is -0.463 e. The van der Waals surface area contributed by atoms with Gasteiger partial charge in [0, 0.05) is 25.4 Å². The molecule has 6 nitrogen and oxygen atoms in total. The molecule has 5 saturated carbocycles. The molecule has 0 bridgehead atoms. The fourth-order valence-electron chi connectivity index (χ4n) is 10.7. The maximum absolute atomic E-state index is 11.2. The molecule has 0 aromatic rings. The second-order valence-corrected chi connectivity index (χ2v) is 17.2. The van der Waals surface area contributed by atoms with Crippen LogP contribution in [0.4, 0.5) is 0 Å². The van der Waals surface area contributed by atoms with Crippen molar-refractivity contribution in [3.8, 4) is 0 Å². The van der Waals surface area contributed by atoms with Gasteiger partial charge in [0.05, 0.1) is 25.4 Å². The summed E-state index contributed by atoms with van der Waals surface area (Å²) >= 11 is 0. The molecule has 5 aliphatic carbocycles. The zero-order chi connectivity index (χ0) is 35.0. The van der Waals surface area contributed by atoms with Crippen molar-refractivity contribution in [2.45, 2.75) is 166 Å². The zero-order valence-electron chi connectivity index (χ0n) is 31.6. The third kappa shape index (κ3) is 13.1. The quantitative estimate of drug-likeness (QED) is 0.0807. The highest BCUT2D eigenvalue weighted by Crippen LogP contribution is 2.44. The molecule has 0 aromatic heterocycles. The van der Waals surface area contributed by atoms with E-state index in [9.17, 15) is 9.59 Å². The fraction of sp³-hybridized carbons (Fsp3) is 0.864. The van der Waals surface area contributed by atoms with Gasteiger partial charge in [-0.15, -0.1) is 0 Å². The minimum absolute atomic E-state index is 0.296. The summed E-state index contributed by atoms with van der Waals surface area (Å²) in [5, 5.41) is 0. The van der Waals surface area contributed by atoms with Crippen molar-refractivity contribution in [3.63, 3.8) is 0 Å². The molecule has 0 aromatic carbocycles. The van der Waals surface area contributed by atoms with Crippen LogP contribution in [0.15, 0.2) is 25.3 Å². The van der Waals surface area contributed by atoms with E-state index < -0.39 is 0 Å². The Morgan fingerprint density at radius 1 is 0.460 bits per heavy atom. The molecule has 5 aliphatic rings. The summed E-state index contributed by atoms with van der Waals surface area (Å²) in [5.74, 6) is 6.19. The van der Waals surface area contributed by atoms with Crippen molar-refractivity contribution in [1.29, 1.82) is 0 Å². The monoisotopic (exact) mass is 697 g/mol. The van der Waals surface area contributed by atoms with Gasteiger partial charge in [-0.3, -0.25) is 0 Å². The van der Waals surface area contributed by atoms with Crippen molar-refractivity contribution >= 4 is 11.9 Å². The number of hydrogen-bond donors (Lipinski definition) is 0. The molecule has 50 heavy (non-hydrogen) atoms. The Morgan fingerprint density at radius 3 is 1.10 bits per heavy atom. The number of carbonyl (C=O) groups is 2. The van der Waals surface area contributed by atoms with Gasteiger partial charge in [-0.05, 0) is 163 Å². The van der Waals surface area contributed by atoms with Crippen LogP contribution in [0.25, 0.3) is 0 Å². The second-order valence-electron chi connectivity index (χ2n) is 17.2. The number of hydrogen-bond acceptors (Lipinski definition) is 6. The van der Waals surface area contributed by atoms with Crippen LogP contribution in [0.3, 0.4) is 0 Å². The largest absolute Gasteiger partial charge is 0.463 e. The molecule has 5 fully saturated rings. The number of rotatable bonds is 18. The predicted molar refractivity (Wildman–Crippen MR) is 201 cm³/mol. The topological polar surface area (TPSA) is 71.1 Å². The van der Waals surface area contributed by atoms with Gasteiger partial charge in [0.2, 0.25) is 0 Å². The molecule has 0 radical (unpaired) electrons. The summed E-state index contributed by atoms with van der Waals surface area (Å²) in [4.78, 5) is 22.5. The highest BCUT2D eigenvalue weighted by Gasteiger charge is 2.34. The summed E-state index contributed by atoms with van der Waals surface area (Å²) in [6, 6.07) is 0. The highest BCUT2D eigenvalue weighted by atomic mass is 16.5. The van der Waals surface area contributed by atoms with E-state index in [1.54, 1.807) is 0 Å². The lowest BCUT2D eigenvalue weighted by molar-refractivity contribution is -0.138. The molecule has 5 rings (SSSR count). The zero-order valence-corrected chi connectivity index (χ0v) is 31.6. The van der Waals surface area contributed by atoms with Gasteiger partial charge in [0.15, 0.2) is 0 Å². The third-order valence-corrected chi connectivity index (χ3v) is 14.0. The molecular formula is C44H72O6.